The fourth-order valence-corrected chi connectivity index (χ4v) is 2.47. The normalized spacial score (nSPS) is 30.6. The second-order valence-electron chi connectivity index (χ2n) is 4.94. The second-order valence-corrected chi connectivity index (χ2v) is 4.94. The van der Waals surface area contributed by atoms with Crippen LogP contribution in [0.4, 0.5) is 0 Å². The van der Waals surface area contributed by atoms with Gasteiger partial charge in [-0.2, -0.15) is 5.10 Å². The Balaban J connectivity index is 2.10. The molecule has 2 heterocycles. The van der Waals surface area contributed by atoms with Gasteiger partial charge in [-0.15, -0.1) is 0 Å². The highest BCUT2D eigenvalue weighted by Crippen LogP contribution is 2.28. The summed E-state index contributed by atoms with van der Waals surface area (Å²) in [5.41, 5.74) is 1.47. The Labute approximate surface area is 96.2 Å². The van der Waals surface area contributed by atoms with Gasteiger partial charge in [-0.3, -0.25) is 4.68 Å². The van der Waals surface area contributed by atoms with Crippen molar-refractivity contribution in [1.82, 2.24) is 9.78 Å². The molecule has 1 aromatic heterocycles. The van der Waals surface area contributed by atoms with Crippen molar-refractivity contribution in [2.24, 2.45) is 7.05 Å². The lowest BCUT2D eigenvalue weighted by Gasteiger charge is -2.35. The van der Waals surface area contributed by atoms with Gasteiger partial charge in [-0.25, -0.2) is 0 Å². The number of hydrogen-bond donors (Lipinski definition) is 1. The molecule has 0 aliphatic carbocycles. The van der Waals surface area contributed by atoms with Crippen molar-refractivity contribution in [2.45, 2.75) is 44.8 Å². The van der Waals surface area contributed by atoms with Crippen molar-refractivity contribution in [2.75, 3.05) is 6.61 Å². The van der Waals surface area contributed by atoms with Crippen LogP contribution in [0.15, 0.2) is 6.07 Å². The van der Waals surface area contributed by atoms with Crippen molar-refractivity contribution in [1.29, 1.82) is 0 Å². The number of hydrogen-bond acceptors (Lipinski definition) is 3. The second kappa shape index (κ2) is 4.18. The van der Waals surface area contributed by atoms with E-state index in [1.54, 1.807) is 0 Å². The monoisotopic (exact) mass is 224 g/mol. The Bertz CT molecular complexity index is 375. The van der Waals surface area contributed by atoms with Crippen molar-refractivity contribution in [3.63, 3.8) is 0 Å². The van der Waals surface area contributed by atoms with Gasteiger partial charge < -0.3 is 9.84 Å². The first-order valence-corrected chi connectivity index (χ1v) is 5.82. The molecular formula is C12H20N2O2. The van der Waals surface area contributed by atoms with Crippen LogP contribution in [0.5, 0.6) is 0 Å². The summed E-state index contributed by atoms with van der Waals surface area (Å²) in [5.74, 6) is 0. The van der Waals surface area contributed by atoms with Crippen molar-refractivity contribution in [3.8, 4) is 0 Å². The molecule has 1 saturated heterocycles. The standard InChI is InChI=1S/C12H20N2O2/c1-9-6-11(14(3)13-9)8-12(15)4-5-16-10(2)7-12/h6,10,15H,4-5,7-8H2,1-3H3. The number of aromatic nitrogens is 2. The molecule has 0 bridgehead atoms. The van der Waals surface area contributed by atoms with Crippen LogP contribution in [0.2, 0.25) is 0 Å². The molecule has 4 heteroatoms. The third-order valence-corrected chi connectivity index (χ3v) is 3.25. The summed E-state index contributed by atoms with van der Waals surface area (Å²) in [6.45, 7) is 4.63. The molecule has 0 radical (unpaired) electrons. The molecule has 0 saturated carbocycles. The Hall–Kier alpha value is -0.870. The summed E-state index contributed by atoms with van der Waals surface area (Å²) in [6.07, 6.45) is 2.23. The molecular weight excluding hydrogens is 204 g/mol. The zero-order chi connectivity index (χ0) is 11.8. The average molecular weight is 224 g/mol. The van der Waals surface area contributed by atoms with Crippen LogP contribution >= 0.6 is 0 Å². The first kappa shape index (κ1) is 11.6. The fraction of sp³-hybridized carbons (Fsp3) is 0.750. The summed E-state index contributed by atoms with van der Waals surface area (Å²) in [6, 6.07) is 2.04. The van der Waals surface area contributed by atoms with Gasteiger partial charge in [0.15, 0.2) is 0 Å². The third-order valence-electron chi connectivity index (χ3n) is 3.25. The van der Waals surface area contributed by atoms with Crippen LogP contribution < -0.4 is 0 Å². The summed E-state index contributed by atoms with van der Waals surface area (Å²) >= 11 is 0. The van der Waals surface area contributed by atoms with Crippen LogP contribution in [0.25, 0.3) is 0 Å². The SMILES string of the molecule is Cc1cc(CC2(O)CCOC(C)C2)n(C)n1. The maximum atomic E-state index is 10.5. The van der Waals surface area contributed by atoms with Gasteiger partial charge in [-0.1, -0.05) is 0 Å². The Morgan fingerprint density at radius 2 is 2.44 bits per heavy atom. The van der Waals surface area contributed by atoms with Crippen LogP contribution in [-0.4, -0.2) is 33.2 Å². The number of aliphatic hydroxyl groups is 1. The van der Waals surface area contributed by atoms with E-state index in [1.165, 1.54) is 0 Å². The molecule has 1 N–H and O–H groups in total. The van der Waals surface area contributed by atoms with Gasteiger partial charge in [0.25, 0.3) is 0 Å². The molecule has 1 aliphatic rings. The molecule has 0 amide bonds. The highest BCUT2D eigenvalue weighted by Gasteiger charge is 2.34. The van der Waals surface area contributed by atoms with E-state index in [-0.39, 0.29) is 6.10 Å². The van der Waals surface area contributed by atoms with Crippen LogP contribution in [0.3, 0.4) is 0 Å². The summed E-state index contributed by atoms with van der Waals surface area (Å²) < 4.78 is 7.32. The predicted octanol–water partition coefficient (Wildman–Crippen LogP) is 1.20. The van der Waals surface area contributed by atoms with Crippen molar-refractivity contribution < 1.29 is 9.84 Å². The summed E-state index contributed by atoms with van der Waals surface area (Å²) in [5, 5.41) is 14.8. The number of ether oxygens (including phenoxy) is 1. The summed E-state index contributed by atoms with van der Waals surface area (Å²) in [7, 11) is 1.93. The number of rotatable bonds is 2. The van der Waals surface area contributed by atoms with Gasteiger partial charge in [-0.05, 0) is 26.3 Å². The minimum absolute atomic E-state index is 0.146. The van der Waals surface area contributed by atoms with Crippen LogP contribution in [0, 0.1) is 6.92 Å². The molecule has 1 aliphatic heterocycles. The quantitative estimate of drug-likeness (QED) is 0.821. The Kier molecular flexibility index (Phi) is 3.04. The molecule has 2 rings (SSSR count). The van der Waals surface area contributed by atoms with Crippen LogP contribution in [0.1, 0.15) is 31.2 Å². The zero-order valence-electron chi connectivity index (χ0n) is 10.2. The average Bonchev–Trinajstić information content (AvgIpc) is 2.43. The lowest BCUT2D eigenvalue weighted by atomic mass is 9.86. The molecule has 90 valence electrons. The first-order valence-electron chi connectivity index (χ1n) is 5.82. The van der Waals surface area contributed by atoms with Gasteiger partial charge in [0.05, 0.1) is 17.4 Å². The number of nitrogens with zero attached hydrogens (tertiary/aromatic N) is 2. The van der Waals surface area contributed by atoms with E-state index in [1.807, 2.05) is 31.6 Å². The fourth-order valence-electron chi connectivity index (χ4n) is 2.47. The topological polar surface area (TPSA) is 47.3 Å². The largest absolute Gasteiger partial charge is 0.389 e. The van der Waals surface area contributed by atoms with Gasteiger partial charge >= 0.3 is 0 Å². The van der Waals surface area contributed by atoms with E-state index in [2.05, 4.69) is 5.10 Å². The first-order chi connectivity index (χ1) is 7.48. The van der Waals surface area contributed by atoms with E-state index in [0.29, 0.717) is 25.9 Å². The smallest absolute Gasteiger partial charge is 0.0749 e. The minimum atomic E-state index is -0.627. The Morgan fingerprint density at radius 3 is 3.00 bits per heavy atom. The van der Waals surface area contributed by atoms with Crippen molar-refractivity contribution in [3.05, 3.63) is 17.5 Å². The molecule has 0 spiro atoms. The molecule has 4 nitrogen and oxygen atoms in total. The van der Waals surface area contributed by atoms with E-state index in [4.69, 9.17) is 4.74 Å². The van der Waals surface area contributed by atoms with Crippen LogP contribution in [-0.2, 0) is 18.2 Å². The predicted molar refractivity (Wildman–Crippen MR) is 61.2 cm³/mol. The maximum Gasteiger partial charge on any atom is 0.0749 e. The van der Waals surface area contributed by atoms with E-state index >= 15 is 0 Å². The molecule has 1 fully saturated rings. The third kappa shape index (κ3) is 2.44. The lowest BCUT2D eigenvalue weighted by molar-refractivity contribution is -0.0968. The highest BCUT2D eigenvalue weighted by molar-refractivity contribution is 5.12. The van der Waals surface area contributed by atoms with E-state index < -0.39 is 5.60 Å². The lowest BCUT2D eigenvalue weighted by Crippen LogP contribution is -2.41. The molecule has 1 aromatic rings. The molecule has 0 aromatic carbocycles. The summed E-state index contributed by atoms with van der Waals surface area (Å²) in [4.78, 5) is 0. The molecule has 2 atom stereocenters. The van der Waals surface area contributed by atoms with E-state index in [9.17, 15) is 5.11 Å². The maximum absolute atomic E-state index is 10.5. The van der Waals surface area contributed by atoms with Gasteiger partial charge in [0, 0.05) is 32.2 Å². The number of aryl methyl sites for hydroxylation is 2. The molecule has 2 unspecified atom stereocenters. The highest BCUT2D eigenvalue weighted by atomic mass is 16.5. The van der Waals surface area contributed by atoms with Crippen molar-refractivity contribution >= 4 is 0 Å². The minimum Gasteiger partial charge on any atom is -0.389 e. The van der Waals surface area contributed by atoms with Gasteiger partial charge in [0.2, 0.25) is 0 Å². The zero-order valence-corrected chi connectivity index (χ0v) is 10.2. The molecule has 16 heavy (non-hydrogen) atoms. The van der Waals surface area contributed by atoms with E-state index in [0.717, 1.165) is 11.4 Å². The Morgan fingerprint density at radius 1 is 1.69 bits per heavy atom. The van der Waals surface area contributed by atoms with Gasteiger partial charge in [0.1, 0.15) is 0 Å².